The molecular formula is C23H24N2Se. The summed E-state index contributed by atoms with van der Waals surface area (Å²) in [6, 6.07) is 28.5. The molecule has 0 fully saturated rings. The van der Waals surface area contributed by atoms with Crippen LogP contribution in [-0.2, 0) is 6.54 Å². The molecule has 0 amide bonds. The Labute approximate surface area is 162 Å². The molecule has 2 nitrogen and oxygen atoms in total. The van der Waals surface area contributed by atoms with E-state index in [9.17, 15) is 0 Å². The number of anilines is 2. The second kappa shape index (κ2) is 8.09. The van der Waals surface area contributed by atoms with Crippen molar-refractivity contribution in [1.82, 2.24) is 4.90 Å². The monoisotopic (exact) mass is 408 g/mol. The maximum absolute atomic E-state index is 2.52. The van der Waals surface area contributed by atoms with Gasteiger partial charge in [-0.05, 0) is 0 Å². The van der Waals surface area contributed by atoms with Gasteiger partial charge < -0.3 is 0 Å². The van der Waals surface area contributed by atoms with Crippen molar-refractivity contribution in [1.29, 1.82) is 0 Å². The fraction of sp³-hybridized carbons (Fsp3) is 0.217. The number of benzene rings is 3. The van der Waals surface area contributed by atoms with Crippen molar-refractivity contribution in [3.8, 4) is 0 Å². The molecule has 0 N–H and O–H groups in total. The first kappa shape index (κ1) is 17.4. The molecule has 1 aliphatic rings. The van der Waals surface area contributed by atoms with Gasteiger partial charge in [-0.1, -0.05) is 0 Å². The van der Waals surface area contributed by atoms with Crippen molar-refractivity contribution in [3.63, 3.8) is 0 Å². The Morgan fingerprint density at radius 3 is 2.00 bits per heavy atom. The van der Waals surface area contributed by atoms with Crippen molar-refractivity contribution >= 4 is 35.3 Å². The summed E-state index contributed by atoms with van der Waals surface area (Å²) in [6.07, 6.45) is 1.15. The van der Waals surface area contributed by atoms with Gasteiger partial charge in [0, 0.05) is 0 Å². The molecule has 132 valence electrons. The average Bonchev–Trinajstić information content (AvgIpc) is 2.68. The number of fused-ring (bicyclic) bond motifs is 2. The minimum absolute atomic E-state index is 0.411. The SMILES string of the molecule is CN(CCCN1c2ccccc2[Se]c2ccccc21)Cc1ccccc1. The Bertz CT molecular complexity index is 817. The number of hydrogen-bond acceptors (Lipinski definition) is 2. The predicted molar refractivity (Wildman–Crippen MR) is 112 cm³/mol. The van der Waals surface area contributed by atoms with E-state index in [1.807, 2.05) is 0 Å². The fourth-order valence-corrected chi connectivity index (χ4v) is 5.79. The van der Waals surface area contributed by atoms with Crippen LogP contribution in [0, 0.1) is 0 Å². The van der Waals surface area contributed by atoms with Gasteiger partial charge in [0.2, 0.25) is 0 Å². The van der Waals surface area contributed by atoms with E-state index in [0.29, 0.717) is 15.0 Å². The summed E-state index contributed by atoms with van der Waals surface area (Å²) < 4.78 is 2.99. The van der Waals surface area contributed by atoms with Crippen LogP contribution in [0.3, 0.4) is 0 Å². The van der Waals surface area contributed by atoms with Gasteiger partial charge in [0.1, 0.15) is 0 Å². The molecule has 0 unspecified atom stereocenters. The Morgan fingerprint density at radius 2 is 1.35 bits per heavy atom. The molecule has 0 spiro atoms. The Morgan fingerprint density at radius 1 is 0.769 bits per heavy atom. The van der Waals surface area contributed by atoms with E-state index in [4.69, 9.17) is 0 Å². The number of hydrogen-bond donors (Lipinski definition) is 0. The van der Waals surface area contributed by atoms with Crippen LogP contribution < -0.4 is 13.8 Å². The first-order valence-corrected chi connectivity index (χ1v) is 10.9. The molecule has 3 aromatic carbocycles. The second-order valence-corrected chi connectivity index (χ2v) is 9.04. The maximum atomic E-state index is 2.52. The Balaban J connectivity index is 1.43. The van der Waals surface area contributed by atoms with E-state index in [-0.39, 0.29) is 0 Å². The van der Waals surface area contributed by atoms with E-state index in [1.165, 1.54) is 25.9 Å². The average molecular weight is 407 g/mol. The summed E-state index contributed by atoms with van der Waals surface area (Å²) in [7, 11) is 2.22. The van der Waals surface area contributed by atoms with Crippen LogP contribution in [0.15, 0.2) is 78.9 Å². The summed E-state index contributed by atoms with van der Waals surface area (Å²) >= 11 is 0.411. The van der Waals surface area contributed by atoms with Gasteiger partial charge in [-0.15, -0.1) is 0 Å². The molecule has 0 saturated heterocycles. The zero-order chi connectivity index (χ0) is 17.8. The van der Waals surface area contributed by atoms with Crippen LogP contribution in [0.2, 0.25) is 0 Å². The first-order chi connectivity index (χ1) is 12.8. The summed E-state index contributed by atoms with van der Waals surface area (Å²) in [5, 5.41) is 0. The molecule has 0 aliphatic carbocycles. The summed E-state index contributed by atoms with van der Waals surface area (Å²) in [5.41, 5.74) is 4.18. The summed E-state index contributed by atoms with van der Waals surface area (Å²) in [5.74, 6) is 0. The number of rotatable bonds is 6. The van der Waals surface area contributed by atoms with Crippen LogP contribution >= 0.6 is 0 Å². The fourth-order valence-electron chi connectivity index (χ4n) is 3.49. The third-order valence-corrected chi connectivity index (χ3v) is 7.12. The second-order valence-electron chi connectivity index (χ2n) is 6.77. The summed E-state index contributed by atoms with van der Waals surface area (Å²) in [4.78, 5) is 4.94. The number of para-hydroxylation sites is 2. The van der Waals surface area contributed by atoms with Gasteiger partial charge in [-0.3, -0.25) is 0 Å². The van der Waals surface area contributed by atoms with Gasteiger partial charge in [-0.2, -0.15) is 0 Å². The van der Waals surface area contributed by atoms with E-state index in [1.54, 1.807) is 0 Å². The van der Waals surface area contributed by atoms with Gasteiger partial charge >= 0.3 is 163 Å². The van der Waals surface area contributed by atoms with Crippen LogP contribution in [0.4, 0.5) is 11.4 Å². The normalized spacial score (nSPS) is 12.8. The number of nitrogens with zero attached hydrogens (tertiary/aromatic N) is 2. The van der Waals surface area contributed by atoms with Crippen LogP contribution in [-0.4, -0.2) is 40.0 Å². The topological polar surface area (TPSA) is 6.48 Å². The quantitative estimate of drug-likeness (QED) is 0.579. The van der Waals surface area contributed by atoms with Crippen LogP contribution in [0.5, 0.6) is 0 Å². The molecule has 3 heteroatoms. The molecular weight excluding hydrogens is 383 g/mol. The molecule has 1 heterocycles. The van der Waals surface area contributed by atoms with E-state index in [0.717, 1.165) is 26.1 Å². The van der Waals surface area contributed by atoms with Crippen molar-refractivity contribution in [2.45, 2.75) is 13.0 Å². The minimum atomic E-state index is 0.411. The third kappa shape index (κ3) is 3.86. The molecule has 0 aromatic heterocycles. The molecule has 3 aromatic rings. The summed E-state index contributed by atoms with van der Waals surface area (Å²) in [6.45, 7) is 3.17. The molecule has 0 saturated carbocycles. The van der Waals surface area contributed by atoms with Crippen LogP contribution in [0.25, 0.3) is 0 Å². The molecule has 4 rings (SSSR count). The van der Waals surface area contributed by atoms with Gasteiger partial charge in [0.15, 0.2) is 0 Å². The third-order valence-electron chi connectivity index (χ3n) is 4.75. The molecule has 26 heavy (non-hydrogen) atoms. The zero-order valence-electron chi connectivity index (χ0n) is 15.1. The molecule has 0 bridgehead atoms. The standard InChI is InChI=1S/C23H24N2Se/c1-24(18-19-10-3-2-4-11-19)16-9-17-25-20-12-5-7-14-22(20)26-23-15-8-6-13-21(23)25/h2-8,10-15H,9,16-18H2,1H3. The Kier molecular flexibility index (Phi) is 5.40. The van der Waals surface area contributed by atoms with Crippen molar-refractivity contribution in [2.75, 3.05) is 25.0 Å². The van der Waals surface area contributed by atoms with Crippen molar-refractivity contribution in [2.24, 2.45) is 0 Å². The van der Waals surface area contributed by atoms with E-state index in [2.05, 4.69) is 95.7 Å². The molecule has 1 aliphatic heterocycles. The predicted octanol–water partition coefficient (Wildman–Crippen LogP) is 3.32. The molecule has 0 atom stereocenters. The Hall–Kier alpha value is -2.06. The van der Waals surface area contributed by atoms with Gasteiger partial charge in [0.05, 0.1) is 0 Å². The van der Waals surface area contributed by atoms with Gasteiger partial charge in [0.25, 0.3) is 0 Å². The molecule has 0 radical (unpaired) electrons. The van der Waals surface area contributed by atoms with Crippen molar-refractivity contribution in [3.05, 3.63) is 84.4 Å². The van der Waals surface area contributed by atoms with Gasteiger partial charge in [-0.25, -0.2) is 0 Å². The van der Waals surface area contributed by atoms with E-state index >= 15 is 0 Å². The van der Waals surface area contributed by atoms with Crippen LogP contribution in [0.1, 0.15) is 12.0 Å². The zero-order valence-corrected chi connectivity index (χ0v) is 16.8. The first-order valence-electron chi connectivity index (χ1n) is 9.17. The van der Waals surface area contributed by atoms with E-state index < -0.39 is 0 Å². The van der Waals surface area contributed by atoms with Crippen molar-refractivity contribution < 1.29 is 0 Å².